The fraction of sp³-hybridized carbons (Fsp3) is 0.417. The van der Waals surface area contributed by atoms with Crippen LogP contribution in [-0.2, 0) is 10.0 Å². The Kier molecular flexibility index (Phi) is 4.48. The van der Waals surface area contributed by atoms with Crippen molar-refractivity contribution in [3.63, 3.8) is 0 Å². The van der Waals surface area contributed by atoms with Gasteiger partial charge in [-0.2, -0.15) is 0 Å². The molecule has 110 valence electrons. The number of halogens is 1. The zero-order valence-electron chi connectivity index (χ0n) is 10.8. The van der Waals surface area contributed by atoms with Crippen molar-refractivity contribution in [1.82, 2.24) is 4.90 Å². The van der Waals surface area contributed by atoms with Gasteiger partial charge >= 0.3 is 0 Å². The molecule has 1 aliphatic rings. The van der Waals surface area contributed by atoms with E-state index in [2.05, 4.69) is 15.9 Å². The first-order chi connectivity index (χ1) is 9.29. The molecule has 1 heterocycles. The Morgan fingerprint density at radius 1 is 1.40 bits per heavy atom. The van der Waals surface area contributed by atoms with Crippen LogP contribution in [0, 0.1) is 0 Å². The summed E-state index contributed by atoms with van der Waals surface area (Å²) in [6, 6.07) is 4.13. The molecule has 1 atom stereocenters. The van der Waals surface area contributed by atoms with Gasteiger partial charge in [0.2, 0.25) is 10.0 Å². The topological polar surface area (TPSA) is 106 Å². The Hall–Kier alpha value is -0.960. The van der Waals surface area contributed by atoms with Crippen LogP contribution in [0.1, 0.15) is 23.2 Å². The summed E-state index contributed by atoms with van der Waals surface area (Å²) in [5.74, 6) is -0.238. The molecular formula is C12H16BrN3O3S. The quantitative estimate of drug-likeness (QED) is 0.806. The molecule has 0 aromatic heterocycles. The fourth-order valence-electron chi connectivity index (χ4n) is 2.21. The van der Waals surface area contributed by atoms with E-state index < -0.39 is 10.0 Å². The Labute approximate surface area is 126 Å². The molecule has 4 N–H and O–H groups in total. The minimum atomic E-state index is -3.83. The average Bonchev–Trinajstić information content (AvgIpc) is 2.37. The van der Waals surface area contributed by atoms with E-state index in [0.717, 1.165) is 12.8 Å². The van der Waals surface area contributed by atoms with Gasteiger partial charge < -0.3 is 10.6 Å². The summed E-state index contributed by atoms with van der Waals surface area (Å²) in [5, 5.41) is 5.09. The number of hydrogen-bond acceptors (Lipinski definition) is 4. The minimum absolute atomic E-state index is 0.0344. The number of sulfonamides is 1. The lowest BCUT2D eigenvalue weighted by atomic mass is 10.1. The molecular weight excluding hydrogens is 346 g/mol. The maximum atomic E-state index is 12.5. The van der Waals surface area contributed by atoms with Gasteiger partial charge in [-0.15, -0.1) is 0 Å². The molecule has 1 amide bonds. The molecule has 1 aromatic rings. The highest BCUT2D eigenvalue weighted by atomic mass is 79.9. The van der Waals surface area contributed by atoms with Gasteiger partial charge in [-0.25, -0.2) is 13.6 Å². The summed E-state index contributed by atoms with van der Waals surface area (Å²) in [5.41, 5.74) is 6.14. The van der Waals surface area contributed by atoms with Crippen molar-refractivity contribution in [3.8, 4) is 0 Å². The summed E-state index contributed by atoms with van der Waals surface area (Å²) in [6.45, 7) is 1.10. The minimum Gasteiger partial charge on any atom is -0.337 e. The maximum Gasteiger partial charge on any atom is 0.255 e. The second kappa shape index (κ2) is 5.80. The van der Waals surface area contributed by atoms with Crippen LogP contribution in [-0.4, -0.2) is 38.4 Å². The predicted octanol–water partition coefficient (Wildman–Crippen LogP) is 0.660. The predicted molar refractivity (Wildman–Crippen MR) is 78.6 cm³/mol. The van der Waals surface area contributed by atoms with E-state index in [1.807, 2.05) is 0 Å². The molecule has 2 rings (SSSR count). The Balaban J connectivity index is 2.34. The second-order valence-electron chi connectivity index (χ2n) is 4.84. The monoisotopic (exact) mass is 361 g/mol. The largest absolute Gasteiger partial charge is 0.337 e. The zero-order valence-corrected chi connectivity index (χ0v) is 13.2. The first kappa shape index (κ1) is 15.4. The smallest absolute Gasteiger partial charge is 0.255 e. The highest BCUT2D eigenvalue weighted by Crippen LogP contribution is 2.23. The van der Waals surface area contributed by atoms with Crippen LogP contribution in [0.2, 0.25) is 0 Å². The van der Waals surface area contributed by atoms with E-state index in [1.165, 1.54) is 18.2 Å². The third kappa shape index (κ3) is 3.38. The molecule has 1 aromatic carbocycles. The van der Waals surface area contributed by atoms with Crippen LogP contribution >= 0.6 is 15.9 Å². The Bertz CT molecular complexity index is 633. The van der Waals surface area contributed by atoms with Crippen LogP contribution in [0.25, 0.3) is 0 Å². The van der Waals surface area contributed by atoms with Crippen molar-refractivity contribution < 1.29 is 13.2 Å². The van der Waals surface area contributed by atoms with Crippen molar-refractivity contribution in [2.45, 2.75) is 23.8 Å². The number of likely N-dealkylation sites (tertiary alicyclic amines) is 1. The molecule has 0 radical (unpaired) electrons. The highest BCUT2D eigenvalue weighted by molar-refractivity contribution is 9.10. The van der Waals surface area contributed by atoms with Crippen LogP contribution in [0.5, 0.6) is 0 Å². The normalized spacial score (nSPS) is 19.9. The number of carbonyl (C=O) groups is 1. The molecule has 8 heteroatoms. The Morgan fingerprint density at radius 2 is 2.10 bits per heavy atom. The summed E-state index contributed by atoms with van der Waals surface area (Å²) in [4.78, 5) is 14.0. The van der Waals surface area contributed by atoms with E-state index in [1.54, 1.807) is 4.90 Å². The lowest BCUT2D eigenvalue weighted by Gasteiger charge is -2.31. The molecule has 1 fully saturated rings. The van der Waals surface area contributed by atoms with Crippen molar-refractivity contribution in [2.24, 2.45) is 10.9 Å². The van der Waals surface area contributed by atoms with Crippen LogP contribution < -0.4 is 10.9 Å². The molecule has 6 nitrogen and oxygen atoms in total. The van der Waals surface area contributed by atoms with E-state index in [9.17, 15) is 13.2 Å². The first-order valence-electron chi connectivity index (χ1n) is 6.16. The standard InChI is InChI=1S/C12H16BrN3O3S/c13-11-4-3-9(20(15,18)19)6-10(11)12(17)16-5-1-2-8(14)7-16/h3-4,6,8H,1-2,5,7,14H2,(H2,15,18,19). The summed E-state index contributed by atoms with van der Waals surface area (Å²) in [6.07, 6.45) is 1.74. The third-order valence-corrected chi connectivity index (χ3v) is 4.84. The molecule has 1 saturated heterocycles. The molecule has 0 bridgehead atoms. The zero-order chi connectivity index (χ0) is 14.9. The number of rotatable bonds is 2. The van der Waals surface area contributed by atoms with Gasteiger partial charge in [0.05, 0.1) is 10.5 Å². The van der Waals surface area contributed by atoms with Gasteiger partial charge in [0, 0.05) is 23.6 Å². The number of nitrogens with zero attached hydrogens (tertiary/aromatic N) is 1. The van der Waals surface area contributed by atoms with Crippen LogP contribution in [0.3, 0.4) is 0 Å². The maximum absolute atomic E-state index is 12.5. The van der Waals surface area contributed by atoms with Crippen LogP contribution in [0.15, 0.2) is 27.6 Å². The van der Waals surface area contributed by atoms with E-state index in [4.69, 9.17) is 10.9 Å². The summed E-state index contributed by atoms with van der Waals surface area (Å²) in [7, 11) is -3.83. The summed E-state index contributed by atoms with van der Waals surface area (Å²) >= 11 is 3.27. The van der Waals surface area contributed by atoms with E-state index in [0.29, 0.717) is 17.6 Å². The average molecular weight is 362 g/mol. The summed E-state index contributed by atoms with van der Waals surface area (Å²) < 4.78 is 23.3. The molecule has 0 spiro atoms. The molecule has 1 unspecified atom stereocenters. The number of nitrogens with two attached hydrogens (primary N) is 2. The lowest BCUT2D eigenvalue weighted by molar-refractivity contribution is 0.0707. The van der Waals surface area contributed by atoms with Gasteiger partial charge in [0.1, 0.15) is 0 Å². The van der Waals surface area contributed by atoms with Gasteiger partial charge in [-0.05, 0) is 47.0 Å². The number of amides is 1. The van der Waals surface area contributed by atoms with Gasteiger partial charge in [0.25, 0.3) is 5.91 Å². The first-order valence-corrected chi connectivity index (χ1v) is 8.50. The number of hydrogen-bond donors (Lipinski definition) is 2. The highest BCUT2D eigenvalue weighted by Gasteiger charge is 2.24. The van der Waals surface area contributed by atoms with Crippen molar-refractivity contribution in [3.05, 3.63) is 28.2 Å². The van der Waals surface area contributed by atoms with E-state index >= 15 is 0 Å². The molecule has 20 heavy (non-hydrogen) atoms. The fourth-order valence-corrected chi connectivity index (χ4v) is 3.17. The van der Waals surface area contributed by atoms with Crippen molar-refractivity contribution >= 4 is 31.9 Å². The number of carbonyl (C=O) groups excluding carboxylic acids is 1. The van der Waals surface area contributed by atoms with Gasteiger partial charge in [0.15, 0.2) is 0 Å². The van der Waals surface area contributed by atoms with Gasteiger partial charge in [-0.1, -0.05) is 0 Å². The molecule has 0 aliphatic carbocycles. The van der Waals surface area contributed by atoms with E-state index in [-0.39, 0.29) is 22.4 Å². The van der Waals surface area contributed by atoms with Crippen molar-refractivity contribution in [2.75, 3.05) is 13.1 Å². The molecule has 0 saturated carbocycles. The SMILES string of the molecule is NC1CCCN(C(=O)c2cc(S(N)(=O)=O)ccc2Br)C1. The lowest BCUT2D eigenvalue weighted by Crippen LogP contribution is -2.45. The molecule has 1 aliphatic heterocycles. The van der Waals surface area contributed by atoms with Gasteiger partial charge in [-0.3, -0.25) is 4.79 Å². The second-order valence-corrected chi connectivity index (χ2v) is 7.26. The third-order valence-electron chi connectivity index (χ3n) is 3.24. The number of benzene rings is 1. The number of piperidine rings is 1. The van der Waals surface area contributed by atoms with Crippen molar-refractivity contribution in [1.29, 1.82) is 0 Å². The Morgan fingerprint density at radius 3 is 2.70 bits per heavy atom. The van der Waals surface area contributed by atoms with Crippen LogP contribution in [0.4, 0.5) is 0 Å². The number of primary sulfonamides is 1.